The first-order valence-electron chi connectivity index (χ1n) is 9.83. The molecule has 0 bridgehead atoms. The predicted molar refractivity (Wildman–Crippen MR) is 120 cm³/mol. The first-order valence-corrected chi connectivity index (χ1v) is 10.6. The van der Waals surface area contributed by atoms with Crippen LogP contribution in [0.25, 0.3) is 0 Å². The fraction of sp³-hybridized carbons (Fsp3) is 0.273. The Kier molecular flexibility index (Phi) is 6.22. The zero-order valence-corrected chi connectivity index (χ0v) is 18.6. The minimum absolute atomic E-state index is 0.0197. The Labute approximate surface area is 188 Å². The number of anilines is 2. The summed E-state index contributed by atoms with van der Waals surface area (Å²) in [4.78, 5) is 26.9. The van der Waals surface area contributed by atoms with Crippen molar-refractivity contribution in [2.45, 2.75) is 12.3 Å². The van der Waals surface area contributed by atoms with Gasteiger partial charge in [0.25, 0.3) is 5.91 Å². The standard InChI is InChI=1S/C22H22N4O5S/c1-29-16-7-5-15(6-8-16)26-12-14(11-19(26)27)21-24-25-22(32-21)23-20(28)13-4-9-17(30-2)18(10-13)31-3/h4-10,14H,11-12H2,1-3H3,(H,23,25,28)/t14-/m0/s1. The maximum absolute atomic E-state index is 12.6. The first kappa shape index (κ1) is 21.6. The van der Waals surface area contributed by atoms with Gasteiger partial charge < -0.3 is 19.1 Å². The van der Waals surface area contributed by atoms with E-state index in [1.165, 1.54) is 25.6 Å². The monoisotopic (exact) mass is 454 g/mol. The van der Waals surface area contributed by atoms with Crippen molar-refractivity contribution in [2.75, 3.05) is 38.1 Å². The molecular weight excluding hydrogens is 432 g/mol. The van der Waals surface area contributed by atoms with Crippen LogP contribution in [0.5, 0.6) is 17.2 Å². The van der Waals surface area contributed by atoms with Gasteiger partial charge in [-0.2, -0.15) is 0 Å². The van der Waals surface area contributed by atoms with Gasteiger partial charge in [0.05, 0.1) is 21.3 Å². The Morgan fingerprint density at radius 1 is 1.03 bits per heavy atom. The van der Waals surface area contributed by atoms with E-state index in [0.717, 1.165) is 11.4 Å². The molecule has 0 spiro atoms. The molecule has 32 heavy (non-hydrogen) atoms. The lowest BCUT2D eigenvalue weighted by molar-refractivity contribution is -0.117. The van der Waals surface area contributed by atoms with E-state index in [4.69, 9.17) is 14.2 Å². The summed E-state index contributed by atoms with van der Waals surface area (Å²) in [5, 5.41) is 12.1. The zero-order chi connectivity index (χ0) is 22.7. The van der Waals surface area contributed by atoms with E-state index in [1.807, 2.05) is 24.3 Å². The van der Waals surface area contributed by atoms with Crippen LogP contribution in [0, 0.1) is 0 Å². The molecule has 2 heterocycles. The molecule has 1 saturated heterocycles. The highest BCUT2D eigenvalue weighted by Crippen LogP contribution is 2.35. The highest BCUT2D eigenvalue weighted by atomic mass is 32.1. The van der Waals surface area contributed by atoms with E-state index < -0.39 is 0 Å². The summed E-state index contributed by atoms with van der Waals surface area (Å²) in [6.45, 7) is 0.503. The van der Waals surface area contributed by atoms with Crippen LogP contribution >= 0.6 is 11.3 Å². The largest absolute Gasteiger partial charge is 0.497 e. The van der Waals surface area contributed by atoms with Crippen LogP contribution in [0.1, 0.15) is 27.7 Å². The molecule has 1 aromatic heterocycles. The molecular formula is C22H22N4O5S. The molecule has 0 aliphatic carbocycles. The van der Waals surface area contributed by atoms with Crippen LogP contribution in [0.15, 0.2) is 42.5 Å². The van der Waals surface area contributed by atoms with Crippen LogP contribution in [-0.2, 0) is 4.79 Å². The number of carbonyl (C=O) groups is 2. The third kappa shape index (κ3) is 4.35. The van der Waals surface area contributed by atoms with Gasteiger partial charge in [0.15, 0.2) is 11.5 Å². The Balaban J connectivity index is 1.43. The summed E-state index contributed by atoms with van der Waals surface area (Å²) >= 11 is 1.27. The molecule has 1 aliphatic rings. The fourth-order valence-corrected chi connectivity index (χ4v) is 4.31. The number of carbonyl (C=O) groups excluding carboxylic acids is 2. The average molecular weight is 455 g/mol. The average Bonchev–Trinajstić information content (AvgIpc) is 3.45. The lowest BCUT2D eigenvalue weighted by atomic mass is 10.1. The number of nitrogens with one attached hydrogen (secondary N) is 1. The highest BCUT2D eigenvalue weighted by molar-refractivity contribution is 7.15. The minimum atomic E-state index is -0.337. The van der Waals surface area contributed by atoms with E-state index in [-0.39, 0.29) is 17.7 Å². The van der Waals surface area contributed by atoms with Gasteiger partial charge >= 0.3 is 0 Å². The van der Waals surface area contributed by atoms with Crippen molar-refractivity contribution < 1.29 is 23.8 Å². The summed E-state index contributed by atoms with van der Waals surface area (Å²) in [6, 6.07) is 12.3. The van der Waals surface area contributed by atoms with Crippen LogP contribution < -0.4 is 24.4 Å². The Morgan fingerprint density at radius 2 is 1.78 bits per heavy atom. The number of methoxy groups -OCH3 is 3. The van der Waals surface area contributed by atoms with Crippen LogP contribution in [-0.4, -0.2) is 49.9 Å². The number of nitrogens with zero attached hydrogens (tertiary/aromatic N) is 3. The van der Waals surface area contributed by atoms with Gasteiger partial charge in [0, 0.05) is 30.1 Å². The van der Waals surface area contributed by atoms with Gasteiger partial charge in [-0.15, -0.1) is 10.2 Å². The second kappa shape index (κ2) is 9.23. The lowest BCUT2D eigenvalue weighted by Gasteiger charge is -2.16. The predicted octanol–water partition coefficient (Wildman–Crippen LogP) is 3.34. The first-order chi connectivity index (χ1) is 15.5. The second-order valence-corrected chi connectivity index (χ2v) is 8.08. The van der Waals surface area contributed by atoms with Crippen LogP contribution in [0.4, 0.5) is 10.8 Å². The van der Waals surface area contributed by atoms with Crippen molar-refractivity contribution in [2.24, 2.45) is 0 Å². The molecule has 1 N–H and O–H groups in total. The summed E-state index contributed by atoms with van der Waals surface area (Å²) < 4.78 is 15.6. The Bertz CT molecular complexity index is 1130. The Hall–Kier alpha value is -3.66. The van der Waals surface area contributed by atoms with E-state index in [2.05, 4.69) is 15.5 Å². The molecule has 1 atom stereocenters. The molecule has 0 saturated carbocycles. The molecule has 2 aromatic carbocycles. The Morgan fingerprint density at radius 3 is 2.47 bits per heavy atom. The third-order valence-corrected chi connectivity index (χ3v) is 6.17. The normalized spacial score (nSPS) is 15.5. The van der Waals surface area contributed by atoms with Crippen LogP contribution in [0.2, 0.25) is 0 Å². The van der Waals surface area contributed by atoms with Crippen LogP contribution in [0.3, 0.4) is 0 Å². The number of ether oxygens (including phenoxy) is 3. The quantitative estimate of drug-likeness (QED) is 0.584. The zero-order valence-electron chi connectivity index (χ0n) is 17.8. The number of benzene rings is 2. The SMILES string of the molecule is COc1ccc(N2C[C@@H](c3nnc(NC(=O)c4ccc(OC)c(OC)c4)s3)CC2=O)cc1. The van der Waals surface area contributed by atoms with Gasteiger partial charge in [-0.25, -0.2) is 0 Å². The van der Waals surface area contributed by atoms with Crippen molar-refractivity contribution in [1.29, 1.82) is 0 Å². The van der Waals surface area contributed by atoms with E-state index in [9.17, 15) is 9.59 Å². The van der Waals surface area contributed by atoms with E-state index in [0.29, 0.717) is 40.2 Å². The highest BCUT2D eigenvalue weighted by Gasteiger charge is 2.34. The number of amides is 2. The van der Waals surface area contributed by atoms with Gasteiger partial charge in [-0.1, -0.05) is 11.3 Å². The van der Waals surface area contributed by atoms with Gasteiger partial charge in [-0.05, 0) is 42.5 Å². The molecule has 9 nitrogen and oxygen atoms in total. The summed E-state index contributed by atoms with van der Waals surface area (Å²) in [6.07, 6.45) is 0.338. The maximum Gasteiger partial charge on any atom is 0.257 e. The maximum atomic E-state index is 12.6. The van der Waals surface area contributed by atoms with Crippen molar-refractivity contribution in [3.05, 3.63) is 53.0 Å². The summed E-state index contributed by atoms with van der Waals surface area (Å²) in [7, 11) is 4.64. The molecule has 0 unspecified atom stereocenters. The lowest BCUT2D eigenvalue weighted by Crippen LogP contribution is -2.24. The van der Waals surface area contributed by atoms with Crippen molar-refractivity contribution in [3.63, 3.8) is 0 Å². The number of aromatic nitrogens is 2. The summed E-state index contributed by atoms with van der Waals surface area (Å²) in [5.74, 6) is 1.32. The number of rotatable bonds is 7. The molecule has 4 rings (SSSR count). The third-order valence-electron chi connectivity index (χ3n) is 5.17. The molecule has 3 aromatic rings. The molecule has 0 radical (unpaired) electrons. The van der Waals surface area contributed by atoms with Crippen molar-refractivity contribution in [1.82, 2.24) is 10.2 Å². The molecule has 1 aliphatic heterocycles. The molecule has 2 amide bonds. The molecule has 166 valence electrons. The van der Waals surface area contributed by atoms with Crippen molar-refractivity contribution >= 4 is 34.0 Å². The number of hydrogen-bond donors (Lipinski definition) is 1. The van der Waals surface area contributed by atoms with Crippen molar-refractivity contribution in [3.8, 4) is 17.2 Å². The van der Waals surface area contributed by atoms with Gasteiger partial charge in [0.1, 0.15) is 10.8 Å². The minimum Gasteiger partial charge on any atom is -0.497 e. The molecule has 10 heteroatoms. The van der Waals surface area contributed by atoms with E-state index >= 15 is 0 Å². The topological polar surface area (TPSA) is 103 Å². The number of hydrogen-bond acceptors (Lipinski definition) is 8. The van der Waals surface area contributed by atoms with E-state index in [1.54, 1.807) is 30.2 Å². The smallest absolute Gasteiger partial charge is 0.257 e. The second-order valence-electron chi connectivity index (χ2n) is 7.07. The fourth-order valence-electron chi connectivity index (χ4n) is 3.48. The van der Waals surface area contributed by atoms with Gasteiger partial charge in [-0.3, -0.25) is 14.9 Å². The molecule has 1 fully saturated rings. The summed E-state index contributed by atoms with van der Waals surface area (Å²) in [5.41, 5.74) is 1.21. The van der Waals surface area contributed by atoms with Gasteiger partial charge in [0.2, 0.25) is 11.0 Å².